The summed E-state index contributed by atoms with van der Waals surface area (Å²) in [7, 11) is 0. The van der Waals surface area contributed by atoms with E-state index in [1.54, 1.807) is 4.90 Å². The maximum absolute atomic E-state index is 11.9. The zero-order chi connectivity index (χ0) is 14.5. The van der Waals surface area contributed by atoms with E-state index in [-0.39, 0.29) is 6.09 Å². The lowest BCUT2D eigenvalue weighted by Crippen LogP contribution is -2.42. The number of ether oxygens (including phenoxy) is 2. The maximum atomic E-state index is 11.9. The standard InChI is InChI=1S/C14H28N2O3/c1-6-18-10-11(2)15-12-7-8-16(9-12)13(17)19-14(3,4)5/h11-12,15H,6-10H2,1-5H3. The number of hydrogen-bond donors (Lipinski definition) is 1. The van der Waals surface area contributed by atoms with Crippen LogP contribution in [0.3, 0.4) is 0 Å². The molecule has 0 aromatic heterocycles. The highest BCUT2D eigenvalue weighted by Crippen LogP contribution is 2.15. The molecule has 5 heteroatoms. The van der Waals surface area contributed by atoms with Crippen molar-refractivity contribution in [2.45, 2.75) is 58.7 Å². The summed E-state index contributed by atoms with van der Waals surface area (Å²) in [6.45, 7) is 12.7. The number of likely N-dealkylation sites (tertiary alicyclic amines) is 1. The Bertz CT molecular complexity index is 289. The fraction of sp³-hybridized carbons (Fsp3) is 0.929. The SMILES string of the molecule is CCOCC(C)NC1CCN(C(=O)OC(C)(C)C)C1. The molecule has 112 valence electrons. The molecule has 0 radical (unpaired) electrons. The van der Waals surface area contributed by atoms with E-state index < -0.39 is 5.60 Å². The third kappa shape index (κ3) is 6.25. The molecule has 0 aromatic carbocycles. The number of nitrogens with zero attached hydrogens (tertiary/aromatic N) is 1. The van der Waals surface area contributed by atoms with Crippen LogP contribution in [0, 0.1) is 0 Å². The van der Waals surface area contributed by atoms with Gasteiger partial charge in [-0.2, -0.15) is 0 Å². The number of rotatable bonds is 5. The van der Waals surface area contributed by atoms with Gasteiger partial charge in [-0.15, -0.1) is 0 Å². The lowest BCUT2D eigenvalue weighted by Gasteiger charge is -2.25. The first-order valence-corrected chi connectivity index (χ1v) is 7.13. The maximum Gasteiger partial charge on any atom is 0.410 e. The van der Waals surface area contributed by atoms with Crippen LogP contribution in [0.25, 0.3) is 0 Å². The lowest BCUT2D eigenvalue weighted by molar-refractivity contribution is 0.0289. The minimum absolute atomic E-state index is 0.214. The van der Waals surface area contributed by atoms with E-state index in [0.29, 0.717) is 25.2 Å². The Hall–Kier alpha value is -0.810. The van der Waals surface area contributed by atoms with Gasteiger partial charge in [-0.3, -0.25) is 0 Å². The van der Waals surface area contributed by atoms with Gasteiger partial charge in [0, 0.05) is 31.8 Å². The first-order chi connectivity index (χ1) is 8.81. The van der Waals surface area contributed by atoms with E-state index in [9.17, 15) is 4.79 Å². The Labute approximate surface area is 116 Å². The molecule has 2 atom stereocenters. The molecule has 1 aliphatic rings. The second-order valence-electron chi connectivity index (χ2n) is 6.14. The Morgan fingerprint density at radius 1 is 1.47 bits per heavy atom. The van der Waals surface area contributed by atoms with Gasteiger partial charge in [0.1, 0.15) is 5.60 Å². The average molecular weight is 272 g/mol. The summed E-state index contributed by atoms with van der Waals surface area (Å²) in [5, 5.41) is 3.49. The molecule has 0 saturated carbocycles. The molecule has 0 aromatic rings. The molecule has 1 heterocycles. The summed E-state index contributed by atoms with van der Waals surface area (Å²) in [6, 6.07) is 0.645. The number of carbonyl (C=O) groups excluding carboxylic acids is 1. The predicted molar refractivity (Wildman–Crippen MR) is 75.3 cm³/mol. The van der Waals surface area contributed by atoms with Crippen molar-refractivity contribution < 1.29 is 14.3 Å². The molecule has 2 unspecified atom stereocenters. The van der Waals surface area contributed by atoms with Crippen LogP contribution in [0.4, 0.5) is 4.79 Å². The van der Waals surface area contributed by atoms with Crippen molar-refractivity contribution >= 4 is 6.09 Å². The predicted octanol–water partition coefficient (Wildman–Crippen LogP) is 2.01. The minimum Gasteiger partial charge on any atom is -0.444 e. The van der Waals surface area contributed by atoms with Gasteiger partial charge >= 0.3 is 6.09 Å². The molecular weight excluding hydrogens is 244 g/mol. The minimum atomic E-state index is -0.426. The molecule has 1 saturated heterocycles. The summed E-state index contributed by atoms with van der Waals surface area (Å²) in [5.41, 5.74) is -0.426. The summed E-state index contributed by atoms with van der Waals surface area (Å²) in [5.74, 6) is 0. The van der Waals surface area contributed by atoms with Crippen LogP contribution >= 0.6 is 0 Å². The van der Waals surface area contributed by atoms with Crippen molar-refractivity contribution in [3.63, 3.8) is 0 Å². The second-order valence-corrected chi connectivity index (χ2v) is 6.14. The molecule has 0 aliphatic carbocycles. The Morgan fingerprint density at radius 3 is 2.74 bits per heavy atom. The van der Waals surface area contributed by atoms with Gasteiger partial charge in [-0.05, 0) is 41.0 Å². The van der Waals surface area contributed by atoms with Crippen LogP contribution in [0.1, 0.15) is 41.0 Å². The summed E-state index contributed by atoms with van der Waals surface area (Å²) in [4.78, 5) is 13.7. The van der Waals surface area contributed by atoms with Crippen LogP contribution < -0.4 is 5.32 Å². The number of hydrogen-bond acceptors (Lipinski definition) is 4. The largest absolute Gasteiger partial charge is 0.444 e. The highest BCUT2D eigenvalue weighted by molar-refractivity contribution is 5.68. The van der Waals surface area contributed by atoms with Crippen molar-refractivity contribution in [1.29, 1.82) is 0 Å². The number of nitrogens with one attached hydrogen (secondary N) is 1. The van der Waals surface area contributed by atoms with E-state index in [2.05, 4.69) is 12.2 Å². The van der Waals surface area contributed by atoms with E-state index >= 15 is 0 Å². The second kappa shape index (κ2) is 7.10. The first kappa shape index (κ1) is 16.2. The summed E-state index contributed by atoms with van der Waals surface area (Å²) >= 11 is 0. The van der Waals surface area contributed by atoms with Crippen LogP contribution in [0.2, 0.25) is 0 Å². The molecule has 1 N–H and O–H groups in total. The van der Waals surface area contributed by atoms with Gasteiger partial charge in [0.05, 0.1) is 6.61 Å². The van der Waals surface area contributed by atoms with Gasteiger partial charge in [0.2, 0.25) is 0 Å². The first-order valence-electron chi connectivity index (χ1n) is 7.13. The van der Waals surface area contributed by atoms with Crippen molar-refractivity contribution in [2.75, 3.05) is 26.3 Å². The lowest BCUT2D eigenvalue weighted by atomic mass is 10.2. The molecule has 0 spiro atoms. The number of amides is 1. The molecule has 5 nitrogen and oxygen atoms in total. The van der Waals surface area contributed by atoms with Gasteiger partial charge in [0.25, 0.3) is 0 Å². The normalized spacial score (nSPS) is 21.5. The zero-order valence-corrected chi connectivity index (χ0v) is 12.9. The van der Waals surface area contributed by atoms with Crippen LogP contribution in [-0.2, 0) is 9.47 Å². The molecule has 1 fully saturated rings. The number of carbonyl (C=O) groups is 1. The van der Waals surface area contributed by atoms with Crippen molar-refractivity contribution in [3.05, 3.63) is 0 Å². The zero-order valence-electron chi connectivity index (χ0n) is 12.9. The van der Waals surface area contributed by atoms with Crippen molar-refractivity contribution in [3.8, 4) is 0 Å². The van der Waals surface area contributed by atoms with Gasteiger partial charge in [-0.25, -0.2) is 4.79 Å². The molecule has 1 amide bonds. The molecular formula is C14H28N2O3. The van der Waals surface area contributed by atoms with Crippen LogP contribution in [-0.4, -0.2) is 55.0 Å². The third-order valence-electron chi connectivity index (χ3n) is 2.93. The summed E-state index contributed by atoms with van der Waals surface area (Å²) in [6.07, 6.45) is 0.754. The van der Waals surface area contributed by atoms with Crippen molar-refractivity contribution in [1.82, 2.24) is 10.2 Å². The quantitative estimate of drug-likeness (QED) is 0.832. The monoisotopic (exact) mass is 272 g/mol. The molecule has 0 bridgehead atoms. The fourth-order valence-corrected chi connectivity index (χ4v) is 2.13. The Balaban J connectivity index is 2.31. The van der Waals surface area contributed by atoms with E-state index in [1.807, 2.05) is 27.7 Å². The van der Waals surface area contributed by atoms with Crippen LogP contribution in [0.15, 0.2) is 0 Å². The fourth-order valence-electron chi connectivity index (χ4n) is 2.13. The Kier molecular flexibility index (Phi) is 6.07. The average Bonchev–Trinajstić information content (AvgIpc) is 2.72. The molecule has 1 rings (SSSR count). The third-order valence-corrected chi connectivity index (χ3v) is 2.93. The molecule has 1 aliphatic heterocycles. The van der Waals surface area contributed by atoms with Crippen LogP contribution in [0.5, 0.6) is 0 Å². The van der Waals surface area contributed by atoms with Gasteiger partial charge in [0.15, 0.2) is 0 Å². The molecule has 19 heavy (non-hydrogen) atoms. The van der Waals surface area contributed by atoms with Gasteiger partial charge in [-0.1, -0.05) is 0 Å². The smallest absolute Gasteiger partial charge is 0.410 e. The van der Waals surface area contributed by atoms with E-state index in [0.717, 1.165) is 19.6 Å². The van der Waals surface area contributed by atoms with Gasteiger partial charge < -0.3 is 19.7 Å². The van der Waals surface area contributed by atoms with Crippen molar-refractivity contribution in [2.24, 2.45) is 0 Å². The summed E-state index contributed by atoms with van der Waals surface area (Å²) < 4.78 is 10.8. The van der Waals surface area contributed by atoms with E-state index in [1.165, 1.54) is 0 Å². The Morgan fingerprint density at radius 2 is 2.16 bits per heavy atom. The highest BCUT2D eigenvalue weighted by atomic mass is 16.6. The van der Waals surface area contributed by atoms with E-state index in [4.69, 9.17) is 9.47 Å². The highest BCUT2D eigenvalue weighted by Gasteiger charge is 2.30. The topological polar surface area (TPSA) is 50.8 Å².